The zero-order valence-electron chi connectivity index (χ0n) is 7.95. The smallest absolute Gasteiger partial charge is 0.00517 e. The summed E-state index contributed by atoms with van der Waals surface area (Å²) < 4.78 is 0. The average molecular weight is 220 g/mol. The lowest BCUT2D eigenvalue weighted by molar-refractivity contribution is 1.00. The summed E-state index contributed by atoms with van der Waals surface area (Å²) in [6, 6.07) is 9.22. The molecule has 0 N–H and O–H groups in total. The molecule has 0 aromatic carbocycles. The maximum Gasteiger partial charge on any atom is 0.00517 e. The Hall–Kier alpha value is -0.600. The van der Waals surface area contributed by atoms with Gasteiger partial charge in [0.2, 0.25) is 0 Å². The summed E-state index contributed by atoms with van der Waals surface area (Å²) in [5.41, 5.74) is 0. The van der Waals surface area contributed by atoms with E-state index in [1.54, 1.807) is 19.5 Å². The van der Waals surface area contributed by atoms with E-state index in [0.717, 1.165) is 0 Å². The molecule has 72 valence electrons. The normalized spacial score (nSPS) is 15.4. The van der Waals surface area contributed by atoms with Crippen molar-refractivity contribution >= 4 is 22.7 Å². The monoisotopic (exact) mass is 220 g/mol. The second-order valence-corrected chi connectivity index (χ2v) is 6.24. The van der Waals surface area contributed by atoms with Crippen molar-refractivity contribution in [1.82, 2.24) is 0 Å². The van der Waals surface area contributed by atoms with Crippen LogP contribution in [0.4, 0.5) is 0 Å². The molecule has 2 aromatic rings. The van der Waals surface area contributed by atoms with E-state index in [0.29, 0.717) is 0 Å². The van der Waals surface area contributed by atoms with Crippen molar-refractivity contribution < 1.29 is 0 Å². The highest BCUT2D eigenvalue weighted by Crippen LogP contribution is 2.26. The molecule has 1 aliphatic heterocycles. The average Bonchev–Trinajstić information content (AvgIpc) is 2.78. The van der Waals surface area contributed by atoms with E-state index >= 15 is 0 Å². The van der Waals surface area contributed by atoms with Gasteiger partial charge < -0.3 is 0 Å². The molecule has 2 heteroatoms. The molecule has 0 atom stereocenters. The molecule has 0 radical (unpaired) electrons. The summed E-state index contributed by atoms with van der Waals surface area (Å²) in [6.07, 6.45) is 4.91. The molecule has 0 aliphatic carbocycles. The fourth-order valence-corrected chi connectivity index (χ4v) is 3.91. The summed E-state index contributed by atoms with van der Waals surface area (Å²) in [7, 11) is 0. The zero-order chi connectivity index (χ0) is 9.38. The second-order valence-electron chi connectivity index (χ2n) is 3.74. The second kappa shape index (κ2) is 3.52. The van der Waals surface area contributed by atoms with Gasteiger partial charge in [0.05, 0.1) is 0 Å². The molecule has 3 rings (SSSR count). The molecule has 0 nitrogen and oxygen atoms in total. The minimum Gasteiger partial charge on any atom is -0.145 e. The number of thiophene rings is 2. The van der Waals surface area contributed by atoms with Crippen LogP contribution in [0.2, 0.25) is 0 Å². The van der Waals surface area contributed by atoms with Gasteiger partial charge in [-0.1, -0.05) is 0 Å². The van der Waals surface area contributed by atoms with E-state index in [-0.39, 0.29) is 0 Å². The summed E-state index contributed by atoms with van der Waals surface area (Å²) in [5, 5.41) is 0. The highest BCUT2D eigenvalue weighted by Gasteiger charge is 2.07. The van der Waals surface area contributed by atoms with Gasteiger partial charge in [0.1, 0.15) is 0 Å². The van der Waals surface area contributed by atoms with Gasteiger partial charge in [0, 0.05) is 19.5 Å². The van der Waals surface area contributed by atoms with Gasteiger partial charge in [-0.25, -0.2) is 0 Å². The third-order valence-electron chi connectivity index (χ3n) is 2.67. The molecule has 0 unspecified atom stereocenters. The Morgan fingerprint density at radius 2 is 0.857 bits per heavy atom. The molecule has 1 aliphatic rings. The number of fused-ring (bicyclic) bond motifs is 4. The lowest BCUT2D eigenvalue weighted by Gasteiger charge is -1.99. The Balaban J connectivity index is 1.95. The van der Waals surface area contributed by atoms with Gasteiger partial charge in [-0.2, -0.15) is 0 Å². The molecule has 2 aromatic heterocycles. The Labute approximate surface area is 92.2 Å². The van der Waals surface area contributed by atoms with E-state index in [1.807, 2.05) is 22.7 Å². The highest BCUT2D eigenvalue weighted by atomic mass is 32.1. The van der Waals surface area contributed by atoms with Crippen molar-refractivity contribution in [3.05, 3.63) is 43.8 Å². The zero-order valence-corrected chi connectivity index (χ0v) is 9.59. The molecule has 0 fully saturated rings. The van der Waals surface area contributed by atoms with Crippen LogP contribution in [-0.4, -0.2) is 0 Å². The van der Waals surface area contributed by atoms with Crippen LogP contribution < -0.4 is 0 Å². The first-order chi connectivity index (χ1) is 6.90. The van der Waals surface area contributed by atoms with Gasteiger partial charge in [-0.3, -0.25) is 0 Å². The minimum absolute atomic E-state index is 1.23. The molecule has 0 saturated heterocycles. The van der Waals surface area contributed by atoms with Crippen LogP contribution in [0.5, 0.6) is 0 Å². The third kappa shape index (κ3) is 1.64. The van der Waals surface area contributed by atoms with Gasteiger partial charge in [0.15, 0.2) is 0 Å². The molecule has 0 saturated carbocycles. The maximum atomic E-state index is 2.30. The lowest BCUT2D eigenvalue weighted by atomic mass is 10.2. The van der Waals surface area contributed by atoms with Crippen molar-refractivity contribution in [2.75, 3.05) is 0 Å². The van der Waals surface area contributed by atoms with E-state index in [1.165, 1.54) is 25.7 Å². The Bertz CT molecular complexity index is 357. The van der Waals surface area contributed by atoms with E-state index in [2.05, 4.69) is 24.3 Å². The molecule has 14 heavy (non-hydrogen) atoms. The number of hydrogen-bond donors (Lipinski definition) is 0. The van der Waals surface area contributed by atoms with Gasteiger partial charge in [-0.15, -0.1) is 22.7 Å². The molecular weight excluding hydrogens is 208 g/mol. The maximum absolute atomic E-state index is 2.30. The topological polar surface area (TPSA) is 0 Å². The Morgan fingerprint density at radius 1 is 0.571 bits per heavy atom. The van der Waals surface area contributed by atoms with Crippen LogP contribution in [0.25, 0.3) is 0 Å². The largest absolute Gasteiger partial charge is 0.145 e. The quantitative estimate of drug-likeness (QED) is 0.635. The number of aryl methyl sites for hydroxylation is 4. The van der Waals surface area contributed by atoms with Crippen molar-refractivity contribution in [2.45, 2.75) is 25.7 Å². The van der Waals surface area contributed by atoms with Crippen LogP contribution in [0.1, 0.15) is 19.5 Å². The fraction of sp³-hybridized carbons (Fsp3) is 0.333. The summed E-state index contributed by atoms with van der Waals surface area (Å²) >= 11 is 4.00. The van der Waals surface area contributed by atoms with Crippen LogP contribution >= 0.6 is 22.7 Å². The Morgan fingerprint density at radius 3 is 1.14 bits per heavy atom. The Kier molecular flexibility index (Phi) is 2.18. The van der Waals surface area contributed by atoms with Crippen molar-refractivity contribution in [3.63, 3.8) is 0 Å². The van der Waals surface area contributed by atoms with E-state index < -0.39 is 0 Å². The molecule has 0 spiro atoms. The fourth-order valence-electron chi connectivity index (χ4n) is 1.87. The molecule has 3 heterocycles. The van der Waals surface area contributed by atoms with Gasteiger partial charge in [0.25, 0.3) is 0 Å². The number of hydrogen-bond acceptors (Lipinski definition) is 2. The van der Waals surface area contributed by atoms with E-state index in [9.17, 15) is 0 Å². The van der Waals surface area contributed by atoms with Crippen LogP contribution in [-0.2, 0) is 25.7 Å². The van der Waals surface area contributed by atoms with Crippen molar-refractivity contribution in [2.24, 2.45) is 0 Å². The van der Waals surface area contributed by atoms with Crippen LogP contribution in [0.15, 0.2) is 24.3 Å². The summed E-state index contributed by atoms with van der Waals surface area (Å²) in [5.74, 6) is 0. The summed E-state index contributed by atoms with van der Waals surface area (Å²) in [4.78, 5) is 6.21. The molecular formula is C12H12S2. The van der Waals surface area contributed by atoms with Gasteiger partial charge in [-0.05, 0) is 49.9 Å². The predicted molar refractivity (Wildman–Crippen MR) is 63.5 cm³/mol. The highest BCUT2D eigenvalue weighted by molar-refractivity contribution is 7.12. The van der Waals surface area contributed by atoms with Crippen molar-refractivity contribution in [1.29, 1.82) is 0 Å². The molecule has 0 amide bonds. The van der Waals surface area contributed by atoms with Crippen LogP contribution in [0.3, 0.4) is 0 Å². The first kappa shape index (κ1) is 8.69. The van der Waals surface area contributed by atoms with Crippen LogP contribution in [0, 0.1) is 0 Å². The minimum atomic E-state index is 1.23. The van der Waals surface area contributed by atoms with E-state index in [4.69, 9.17) is 0 Å². The lowest BCUT2D eigenvalue weighted by Crippen LogP contribution is -1.86. The third-order valence-corrected chi connectivity index (χ3v) is 5.08. The predicted octanol–water partition coefficient (Wildman–Crippen LogP) is 3.69. The standard InChI is InChI=1S/C12H12S2/c1-2-10-7-8-12-4-3-11(14-12)6-5-9(1)13-10/h1-4H,5-8H2. The number of rotatable bonds is 0. The SMILES string of the molecule is c1cc2sc1CCc1ccc(s1)CC2. The first-order valence-electron chi connectivity index (χ1n) is 5.05. The van der Waals surface area contributed by atoms with Crippen molar-refractivity contribution in [3.8, 4) is 0 Å². The van der Waals surface area contributed by atoms with Gasteiger partial charge >= 0.3 is 0 Å². The first-order valence-corrected chi connectivity index (χ1v) is 6.69. The summed E-state index contributed by atoms with van der Waals surface area (Å²) in [6.45, 7) is 0. The molecule has 4 bridgehead atoms.